The molecule has 100 valence electrons. The van der Waals surface area contributed by atoms with Crippen molar-refractivity contribution in [3.05, 3.63) is 0 Å². The molecule has 1 unspecified atom stereocenters. The van der Waals surface area contributed by atoms with E-state index in [0.717, 1.165) is 12.8 Å². The summed E-state index contributed by atoms with van der Waals surface area (Å²) in [7, 11) is 0. The van der Waals surface area contributed by atoms with E-state index >= 15 is 0 Å². The van der Waals surface area contributed by atoms with E-state index in [1.807, 2.05) is 20.8 Å². The van der Waals surface area contributed by atoms with Crippen LogP contribution in [0.1, 0.15) is 33.6 Å². The zero-order valence-corrected chi connectivity index (χ0v) is 11.1. The molecule has 0 heterocycles. The van der Waals surface area contributed by atoms with Crippen molar-refractivity contribution >= 4 is 11.8 Å². The van der Waals surface area contributed by atoms with Gasteiger partial charge in [-0.25, -0.2) is 0 Å². The van der Waals surface area contributed by atoms with Gasteiger partial charge in [-0.15, -0.1) is 0 Å². The van der Waals surface area contributed by atoms with E-state index in [1.54, 1.807) is 0 Å². The van der Waals surface area contributed by atoms with Crippen molar-refractivity contribution in [2.24, 2.45) is 23.3 Å². The van der Waals surface area contributed by atoms with Crippen molar-refractivity contribution in [1.29, 1.82) is 0 Å². The summed E-state index contributed by atoms with van der Waals surface area (Å²) in [6, 6.07) is 0. The summed E-state index contributed by atoms with van der Waals surface area (Å²) < 4.78 is 0. The first-order valence-electron chi connectivity index (χ1n) is 6.19. The van der Waals surface area contributed by atoms with Crippen molar-refractivity contribution in [3.63, 3.8) is 0 Å². The van der Waals surface area contributed by atoms with E-state index < -0.39 is 5.91 Å². The monoisotopic (exact) mass is 243 g/mol. The Morgan fingerprint density at radius 3 is 2.24 bits per heavy atom. The van der Waals surface area contributed by atoms with Crippen LogP contribution in [-0.2, 0) is 9.59 Å². The summed E-state index contributed by atoms with van der Waals surface area (Å²) in [6.45, 7) is 6.85. The second-order valence-electron chi connectivity index (χ2n) is 4.80. The number of hydrogen-bond acceptors (Lipinski definition) is 3. The minimum atomic E-state index is -0.480. The van der Waals surface area contributed by atoms with E-state index in [9.17, 15) is 9.59 Å². The number of nitrogens with zero attached hydrogens (tertiary/aromatic N) is 1. The van der Waals surface area contributed by atoms with Gasteiger partial charge in [0.2, 0.25) is 11.8 Å². The number of carbonyl (C=O) groups is 2. The molecule has 0 fully saturated rings. The molecule has 0 spiro atoms. The normalized spacial score (nSPS) is 12.5. The van der Waals surface area contributed by atoms with Gasteiger partial charge in [0.05, 0.1) is 12.5 Å². The molecule has 0 aliphatic rings. The zero-order chi connectivity index (χ0) is 13.4. The number of nitrogens with two attached hydrogens (primary N) is 2. The van der Waals surface area contributed by atoms with Crippen LogP contribution in [0.25, 0.3) is 0 Å². The fourth-order valence-corrected chi connectivity index (χ4v) is 1.81. The van der Waals surface area contributed by atoms with E-state index in [2.05, 4.69) is 0 Å². The lowest BCUT2D eigenvalue weighted by atomic mass is 10.0. The van der Waals surface area contributed by atoms with Gasteiger partial charge < -0.3 is 16.4 Å². The van der Waals surface area contributed by atoms with Crippen LogP contribution < -0.4 is 11.5 Å². The molecule has 5 heteroatoms. The molecule has 0 saturated carbocycles. The van der Waals surface area contributed by atoms with Crippen LogP contribution in [0.4, 0.5) is 0 Å². The Morgan fingerprint density at radius 1 is 1.29 bits per heavy atom. The SMILES string of the molecule is CCCC(CN)C(=O)N(CC(N)=O)CC(C)C. The lowest BCUT2D eigenvalue weighted by Gasteiger charge is -2.27. The lowest BCUT2D eigenvalue weighted by Crippen LogP contribution is -2.45. The highest BCUT2D eigenvalue weighted by Gasteiger charge is 2.24. The fourth-order valence-electron chi connectivity index (χ4n) is 1.81. The van der Waals surface area contributed by atoms with Crippen molar-refractivity contribution in [2.75, 3.05) is 19.6 Å². The Bertz CT molecular complexity index is 254. The Kier molecular flexibility index (Phi) is 7.54. The van der Waals surface area contributed by atoms with Gasteiger partial charge in [-0.05, 0) is 12.3 Å². The van der Waals surface area contributed by atoms with Crippen molar-refractivity contribution < 1.29 is 9.59 Å². The maximum Gasteiger partial charge on any atom is 0.237 e. The molecule has 0 aliphatic carbocycles. The van der Waals surface area contributed by atoms with Crippen molar-refractivity contribution in [1.82, 2.24) is 4.90 Å². The predicted molar refractivity (Wildman–Crippen MR) is 68.1 cm³/mol. The van der Waals surface area contributed by atoms with Crippen LogP contribution in [0, 0.1) is 11.8 Å². The summed E-state index contributed by atoms with van der Waals surface area (Å²) in [5.41, 5.74) is 10.8. The standard InChI is InChI=1S/C12H25N3O2/c1-4-5-10(6-13)12(17)15(7-9(2)3)8-11(14)16/h9-10H,4-8,13H2,1-3H3,(H2,14,16). The van der Waals surface area contributed by atoms with Gasteiger partial charge >= 0.3 is 0 Å². The number of carbonyl (C=O) groups excluding carboxylic acids is 2. The lowest BCUT2D eigenvalue weighted by molar-refractivity contribution is -0.139. The third kappa shape index (κ3) is 6.26. The highest BCUT2D eigenvalue weighted by molar-refractivity contribution is 5.85. The summed E-state index contributed by atoms with van der Waals surface area (Å²) >= 11 is 0. The van der Waals surface area contributed by atoms with Crippen LogP contribution in [0.5, 0.6) is 0 Å². The maximum absolute atomic E-state index is 12.2. The van der Waals surface area contributed by atoms with E-state index in [1.165, 1.54) is 4.90 Å². The number of primary amides is 1. The molecule has 0 saturated heterocycles. The second-order valence-corrected chi connectivity index (χ2v) is 4.80. The van der Waals surface area contributed by atoms with E-state index in [4.69, 9.17) is 11.5 Å². The van der Waals surface area contributed by atoms with Crippen LogP contribution in [-0.4, -0.2) is 36.3 Å². The first-order valence-corrected chi connectivity index (χ1v) is 6.19. The maximum atomic E-state index is 12.2. The average molecular weight is 243 g/mol. The van der Waals surface area contributed by atoms with Crippen LogP contribution in [0.2, 0.25) is 0 Å². The van der Waals surface area contributed by atoms with Gasteiger partial charge in [0.1, 0.15) is 0 Å². The first kappa shape index (κ1) is 15.9. The molecular formula is C12H25N3O2. The Labute approximate surface area is 104 Å². The second kappa shape index (κ2) is 8.06. The molecule has 0 bridgehead atoms. The van der Waals surface area contributed by atoms with Crippen LogP contribution in [0.15, 0.2) is 0 Å². The molecule has 5 nitrogen and oxygen atoms in total. The highest BCUT2D eigenvalue weighted by atomic mass is 16.2. The highest BCUT2D eigenvalue weighted by Crippen LogP contribution is 2.11. The van der Waals surface area contributed by atoms with Crippen LogP contribution in [0.3, 0.4) is 0 Å². The summed E-state index contributed by atoms with van der Waals surface area (Å²) in [5, 5.41) is 0. The average Bonchev–Trinajstić information content (AvgIpc) is 2.22. The third-order valence-corrected chi connectivity index (χ3v) is 2.51. The van der Waals surface area contributed by atoms with Gasteiger partial charge in [-0.2, -0.15) is 0 Å². The Morgan fingerprint density at radius 2 is 1.88 bits per heavy atom. The van der Waals surface area contributed by atoms with Gasteiger partial charge in [0, 0.05) is 13.1 Å². The fraction of sp³-hybridized carbons (Fsp3) is 0.833. The Balaban J connectivity index is 4.64. The minimum absolute atomic E-state index is 0.0166. The molecule has 1 atom stereocenters. The molecule has 4 N–H and O–H groups in total. The number of amides is 2. The third-order valence-electron chi connectivity index (χ3n) is 2.51. The molecule has 0 aromatic carbocycles. The summed E-state index contributed by atoms with van der Waals surface area (Å²) in [4.78, 5) is 24.7. The van der Waals surface area contributed by atoms with Gasteiger partial charge in [-0.1, -0.05) is 27.2 Å². The van der Waals surface area contributed by atoms with Crippen molar-refractivity contribution in [3.8, 4) is 0 Å². The number of rotatable bonds is 8. The van der Waals surface area contributed by atoms with Gasteiger partial charge in [0.15, 0.2) is 0 Å². The van der Waals surface area contributed by atoms with Gasteiger partial charge in [-0.3, -0.25) is 9.59 Å². The van der Waals surface area contributed by atoms with E-state index in [-0.39, 0.29) is 18.4 Å². The summed E-state index contributed by atoms with van der Waals surface area (Å²) in [5.74, 6) is -0.426. The van der Waals surface area contributed by atoms with Gasteiger partial charge in [0.25, 0.3) is 0 Å². The Hall–Kier alpha value is -1.10. The molecule has 0 aromatic rings. The minimum Gasteiger partial charge on any atom is -0.368 e. The predicted octanol–water partition coefficient (Wildman–Crippen LogP) is 0.331. The van der Waals surface area contributed by atoms with E-state index in [0.29, 0.717) is 19.0 Å². The van der Waals surface area contributed by atoms with Crippen molar-refractivity contribution in [2.45, 2.75) is 33.6 Å². The zero-order valence-electron chi connectivity index (χ0n) is 11.1. The molecule has 2 amide bonds. The molecule has 0 rings (SSSR count). The smallest absolute Gasteiger partial charge is 0.237 e. The molecule has 17 heavy (non-hydrogen) atoms. The van der Waals surface area contributed by atoms with Crippen LogP contribution >= 0.6 is 0 Å². The molecule has 0 aromatic heterocycles. The summed E-state index contributed by atoms with van der Waals surface area (Å²) in [6.07, 6.45) is 1.66. The first-order chi connectivity index (χ1) is 7.92. The molecular weight excluding hydrogens is 218 g/mol. The topological polar surface area (TPSA) is 89.4 Å². The molecule has 0 radical (unpaired) electrons. The quantitative estimate of drug-likeness (QED) is 0.644. The number of hydrogen-bond donors (Lipinski definition) is 2. The largest absolute Gasteiger partial charge is 0.368 e. The molecule has 0 aliphatic heterocycles.